The highest BCUT2D eigenvalue weighted by Gasteiger charge is 2.52. The third-order valence-electron chi connectivity index (χ3n) is 5.96. The van der Waals surface area contributed by atoms with E-state index in [1.54, 1.807) is 17.6 Å². The fraction of sp³-hybridized carbons (Fsp3) is 0.409. The van der Waals surface area contributed by atoms with Crippen molar-refractivity contribution in [1.82, 2.24) is 10.4 Å². The monoisotopic (exact) mass is 501 g/mol. The van der Waals surface area contributed by atoms with Crippen molar-refractivity contribution in [2.24, 2.45) is 0 Å². The highest BCUT2D eigenvalue weighted by atomic mass is 35.5. The Morgan fingerprint density at radius 1 is 1.09 bits per heavy atom. The number of benzene rings is 2. The summed E-state index contributed by atoms with van der Waals surface area (Å²) in [5.74, 6) is -0.867. The van der Waals surface area contributed by atoms with E-state index in [9.17, 15) is 18.4 Å². The molecule has 1 fully saturated rings. The lowest BCUT2D eigenvalue weighted by atomic mass is 9.95. The summed E-state index contributed by atoms with van der Waals surface area (Å²) in [4.78, 5) is 14.7. The topological polar surface area (TPSA) is 98.7 Å². The van der Waals surface area contributed by atoms with Crippen LogP contribution in [-0.2, 0) is 21.1 Å². The highest BCUT2D eigenvalue weighted by molar-refractivity contribution is 7.93. The molecular weight excluding hydrogens is 473 g/mol. The van der Waals surface area contributed by atoms with Gasteiger partial charge < -0.3 is 10.2 Å². The zero-order valence-electron chi connectivity index (χ0n) is 17.9. The standard InChI is InChI=1S/C22H28ClN3O4S.ClH/c1-2-26-15-12-22(13-16-26,21(27)25-28)31(29,30)20-9-7-19(8-10-20)24-14-11-17-3-5-18(23)6-4-17;/h3-10,24,28H,2,11-16H2,1H3,(H,25,27);1H. The van der Waals surface area contributed by atoms with Crippen LogP contribution in [0.5, 0.6) is 0 Å². The minimum absolute atomic E-state index is 0. The number of amides is 1. The minimum atomic E-state index is -3.99. The van der Waals surface area contributed by atoms with E-state index in [2.05, 4.69) is 10.2 Å². The van der Waals surface area contributed by atoms with Crippen molar-refractivity contribution in [3.05, 3.63) is 59.1 Å². The molecule has 7 nitrogen and oxygen atoms in total. The molecule has 0 aliphatic carbocycles. The lowest BCUT2D eigenvalue weighted by Gasteiger charge is -2.39. The van der Waals surface area contributed by atoms with Gasteiger partial charge in [0.15, 0.2) is 14.6 Å². The molecule has 0 unspecified atom stereocenters. The number of hydrogen-bond donors (Lipinski definition) is 3. The second-order valence-electron chi connectivity index (χ2n) is 7.70. The van der Waals surface area contributed by atoms with Gasteiger partial charge in [-0.25, -0.2) is 13.9 Å². The molecule has 0 aromatic heterocycles. The number of piperidine rings is 1. The molecule has 32 heavy (non-hydrogen) atoms. The van der Waals surface area contributed by atoms with Gasteiger partial charge in [-0.05, 0) is 67.8 Å². The molecule has 1 aliphatic heterocycles. The van der Waals surface area contributed by atoms with Crippen LogP contribution in [0.15, 0.2) is 53.4 Å². The number of likely N-dealkylation sites (tertiary alicyclic amines) is 1. The van der Waals surface area contributed by atoms with Crippen molar-refractivity contribution in [3.8, 4) is 0 Å². The summed E-state index contributed by atoms with van der Waals surface area (Å²) >= 11 is 5.90. The number of carbonyl (C=O) groups excluding carboxylic acids is 1. The molecule has 0 spiro atoms. The van der Waals surface area contributed by atoms with Gasteiger partial charge in [0, 0.05) is 30.3 Å². The second-order valence-corrected chi connectivity index (χ2v) is 10.4. The maximum Gasteiger partial charge on any atom is 0.265 e. The Morgan fingerprint density at radius 2 is 1.69 bits per heavy atom. The third-order valence-corrected chi connectivity index (χ3v) is 8.73. The summed E-state index contributed by atoms with van der Waals surface area (Å²) in [6.45, 7) is 4.41. The van der Waals surface area contributed by atoms with E-state index in [1.807, 2.05) is 31.2 Å². The molecule has 2 aromatic rings. The van der Waals surface area contributed by atoms with Crippen LogP contribution >= 0.6 is 24.0 Å². The van der Waals surface area contributed by atoms with Crippen LogP contribution < -0.4 is 10.8 Å². The van der Waals surface area contributed by atoms with Gasteiger partial charge >= 0.3 is 0 Å². The first-order valence-corrected chi connectivity index (χ1v) is 12.2. The lowest BCUT2D eigenvalue weighted by molar-refractivity contribution is -0.133. The van der Waals surface area contributed by atoms with E-state index in [0.717, 1.165) is 24.2 Å². The number of hydroxylamine groups is 1. The van der Waals surface area contributed by atoms with Crippen LogP contribution in [0.4, 0.5) is 5.69 Å². The number of hydrogen-bond acceptors (Lipinski definition) is 6. The Labute approximate surface area is 200 Å². The summed E-state index contributed by atoms with van der Waals surface area (Å²) in [7, 11) is -3.99. The smallest absolute Gasteiger partial charge is 0.265 e. The predicted molar refractivity (Wildman–Crippen MR) is 129 cm³/mol. The molecule has 176 valence electrons. The average molecular weight is 502 g/mol. The maximum absolute atomic E-state index is 13.4. The Hall–Kier alpha value is -1.84. The summed E-state index contributed by atoms with van der Waals surface area (Å²) < 4.78 is 25.2. The Balaban J connectivity index is 0.00000363. The van der Waals surface area contributed by atoms with Crippen molar-refractivity contribution in [1.29, 1.82) is 0 Å². The van der Waals surface area contributed by atoms with E-state index in [4.69, 9.17) is 11.6 Å². The van der Waals surface area contributed by atoms with E-state index < -0.39 is 20.5 Å². The van der Waals surface area contributed by atoms with E-state index in [1.165, 1.54) is 12.1 Å². The van der Waals surface area contributed by atoms with Crippen LogP contribution in [0.25, 0.3) is 0 Å². The first kappa shape index (κ1) is 26.4. The van der Waals surface area contributed by atoms with Gasteiger partial charge in [0.1, 0.15) is 0 Å². The predicted octanol–water partition coefficient (Wildman–Crippen LogP) is 3.55. The van der Waals surface area contributed by atoms with Gasteiger partial charge in [-0.3, -0.25) is 10.0 Å². The van der Waals surface area contributed by atoms with Crippen molar-refractivity contribution in [2.75, 3.05) is 31.5 Å². The summed E-state index contributed by atoms with van der Waals surface area (Å²) in [5, 5.41) is 13.2. The number of nitrogens with zero attached hydrogens (tertiary/aromatic N) is 1. The molecule has 2 aromatic carbocycles. The Kier molecular flexibility index (Phi) is 9.36. The number of nitrogens with one attached hydrogen (secondary N) is 2. The molecule has 10 heteroatoms. The number of halogens is 2. The third kappa shape index (κ3) is 5.55. The number of sulfone groups is 1. The van der Waals surface area contributed by atoms with Gasteiger partial charge in [0.25, 0.3) is 5.91 Å². The minimum Gasteiger partial charge on any atom is -0.385 e. The molecule has 0 bridgehead atoms. The zero-order valence-corrected chi connectivity index (χ0v) is 20.3. The first-order valence-electron chi connectivity index (χ1n) is 10.3. The highest BCUT2D eigenvalue weighted by Crippen LogP contribution is 2.36. The van der Waals surface area contributed by atoms with Crippen LogP contribution in [0.3, 0.4) is 0 Å². The number of anilines is 1. The number of carbonyl (C=O) groups is 1. The van der Waals surface area contributed by atoms with Crippen LogP contribution in [-0.4, -0.2) is 55.4 Å². The van der Waals surface area contributed by atoms with Crippen molar-refractivity contribution < 1.29 is 18.4 Å². The normalized spacial score (nSPS) is 16.1. The first-order chi connectivity index (χ1) is 14.8. The van der Waals surface area contributed by atoms with E-state index in [-0.39, 0.29) is 30.1 Å². The Bertz CT molecular complexity index is 991. The van der Waals surface area contributed by atoms with E-state index >= 15 is 0 Å². The number of rotatable bonds is 8. The SMILES string of the molecule is CCN1CCC(C(=O)NO)(S(=O)(=O)c2ccc(NCCc3ccc(Cl)cc3)cc2)CC1.Cl. The fourth-order valence-corrected chi connectivity index (χ4v) is 6.01. The summed E-state index contributed by atoms with van der Waals surface area (Å²) in [6.07, 6.45) is 1.07. The largest absolute Gasteiger partial charge is 0.385 e. The molecule has 0 atom stereocenters. The zero-order chi connectivity index (χ0) is 22.5. The van der Waals surface area contributed by atoms with Crippen molar-refractivity contribution in [2.45, 2.75) is 35.8 Å². The molecule has 0 saturated carbocycles. The summed E-state index contributed by atoms with van der Waals surface area (Å²) in [6, 6.07) is 14.0. The summed E-state index contributed by atoms with van der Waals surface area (Å²) in [5.41, 5.74) is 3.52. The molecule has 1 heterocycles. The maximum atomic E-state index is 13.4. The fourth-order valence-electron chi connectivity index (χ4n) is 3.93. The van der Waals surface area contributed by atoms with Crippen molar-refractivity contribution >= 4 is 45.4 Å². The lowest BCUT2D eigenvalue weighted by Crippen LogP contribution is -2.57. The molecule has 1 saturated heterocycles. The van der Waals surface area contributed by atoms with Crippen molar-refractivity contribution in [3.63, 3.8) is 0 Å². The van der Waals surface area contributed by atoms with Gasteiger partial charge in [-0.1, -0.05) is 30.7 Å². The van der Waals surface area contributed by atoms with Crippen LogP contribution in [0.1, 0.15) is 25.3 Å². The molecule has 0 radical (unpaired) electrons. The van der Waals surface area contributed by atoms with Gasteiger partial charge in [0.2, 0.25) is 0 Å². The Morgan fingerprint density at radius 3 is 2.22 bits per heavy atom. The molecular formula is C22H29Cl2N3O4S. The second kappa shape index (κ2) is 11.3. The van der Waals surface area contributed by atoms with Crippen LogP contribution in [0, 0.1) is 0 Å². The molecule has 1 aliphatic rings. The quantitative estimate of drug-likeness (QED) is 0.377. The average Bonchev–Trinajstić information content (AvgIpc) is 2.80. The molecule has 3 rings (SSSR count). The van der Waals surface area contributed by atoms with Crippen LogP contribution in [0.2, 0.25) is 5.02 Å². The van der Waals surface area contributed by atoms with Gasteiger partial charge in [-0.2, -0.15) is 0 Å². The molecule has 1 amide bonds. The van der Waals surface area contributed by atoms with E-state index in [0.29, 0.717) is 24.7 Å². The molecule has 3 N–H and O–H groups in total. The van der Waals surface area contributed by atoms with Gasteiger partial charge in [0.05, 0.1) is 4.90 Å². The van der Waals surface area contributed by atoms with Gasteiger partial charge in [-0.15, -0.1) is 12.4 Å².